The first-order valence-electron chi connectivity index (χ1n) is 9.72. The van der Waals surface area contributed by atoms with Crippen LogP contribution < -0.4 is 10.6 Å². The van der Waals surface area contributed by atoms with Gasteiger partial charge in [-0.25, -0.2) is 4.68 Å². The second kappa shape index (κ2) is 7.45. The first-order chi connectivity index (χ1) is 15.0. The largest absolute Gasteiger partial charge is 0.338 e. The Morgan fingerprint density at radius 3 is 2.81 bits per heavy atom. The number of hydrogen-bond donors (Lipinski definition) is 3. The van der Waals surface area contributed by atoms with Crippen LogP contribution in [0.3, 0.4) is 0 Å². The molecule has 0 saturated heterocycles. The second-order valence-corrected chi connectivity index (χ2v) is 7.31. The quantitative estimate of drug-likeness (QED) is 0.407. The lowest BCUT2D eigenvalue weighted by atomic mass is 10.2. The number of rotatable bonds is 5. The molecule has 0 aliphatic carbocycles. The van der Waals surface area contributed by atoms with E-state index < -0.39 is 0 Å². The van der Waals surface area contributed by atoms with Gasteiger partial charge in [-0.1, -0.05) is 6.07 Å². The fraction of sp³-hybridized carbons (Fsp3) is 0.0909. The van der Waals surface area contributed by atoms with Gasteiger partial charge in [0.05, 0.1) is 29.2 Å². The summed E-state index contributed by atoms with van der Waals surface area (Å²) in [7, 11) is 1.77. The van der Waals surface area contributed by atoms with Crippen LogP contribution in [-0.2, 0) is 7.05 Å². The lowest BCUT2D eigenvalue weighted by Gasteiger charge is -2.07. The smallest absolute Gasteiger partial charge is 0.258 e. The van der Waals surface area contributed by atoms with Crippen molar-refractivity contribution in [1.82, 2.24) is 29.8 Å². The molecule has 0 fully saturated rings. The summed E-state index contributed by atoms with van der Waals surface area (Å²) in [6.45, 7) is 2.00. The van der Waals surface area contributed by atoms with Crippen molar-refractivity contribution in [3.05, 3.63) is 78.4 Å². The van der Waals surface area contributed by atoms with Crippen molar-refractivity contribution in [2.45, 2.75) is 6.92 Å². The molecule has 0 bridgehead atoms. The van der Waals surface area contributed by atoms with Crippen molar-refractivity contribution < 1.29 is 4.79 Å². The Kier molecular flexibility index (Phi) is 4.47. The zero-order valence-electron chi connectivity index (χ0n) is 17.0. The minimum atomic E-state index is -0.209. The van der Waals surface area contributed by atoms with Crippen molar-refractivity contribution in [3.8, 4) is 5.69 Å². The Bertz CT molecular complexity index is 1390. The number of aromatic amines is 1. The summed E-state index contributed by atoms with van der Waals surface area (Å²) in [5, 5.41) is 23.0. The molecule has 0 unspecified atom stereocenters. The number of benzene rings is 2. The molecule has 0 aliphatic heterocycles. The maximum atomic E-state index is 12.4. The molecule has 0 spiro atoms. The van der Waals surface area contributed by atoms with Crippen LogP contribution >= 0.6 is 0 Å². The molecule has 0 radical (unpaired) electrons. The zero-order chi connectivity index (χ0) is 21.4. The zero-order valence-corrected chi connectivity index (χ0v) is 17.0. The number of carbonyl (C=O) groups excluding carboxylic acids is 1. The molecule has 0 saturated carbocycles. The third-order valence-electron chi connectivity index (χ3n) is 4.94. The van der Waals surface area contributed by atoms with E-state index in [4.69, 9.17) is 0 Å². The summed E-state index contributed by atoms with van der Waals surface area (Å²) in [6, 6.07) is 13.5. The lowest BCUT2D eigenvalue weighted by Crippen LogP contribution is -2.11. The van der Waals surface area contributed by atoms with Crippen LogP contribution in [0, 0.1) is 6.92 Å². The highest BCUT2D eigenvalue weighted by Gasteiger charge is 2.11. The highest BCUT2D eigenvalue weighted by molar-refractivity contribution is 6.04. The normalized spacial score (nSPS) is 11.0. The van der Waals surface area contributed by atoms with Crippen LogP contribution in [-0.4, -0.2) is 35.7 Å². The fourth-order valence-electron chi connectivity index (χ4n) is 3.34. The molecule has 31 heavy (non-hydrogen) atoms. The van der Waals surface area contributed by atoms with Crippen LogP contribution in [0.25, 0.3) is 16.6 Å². The summed E-state index contributed by atoms with van der Waals surface area (Å²) < 4.78 is 3.38. The van der Waals surface area contributed by atoms with Crippen molar-refractivity contribution in [2.75, 3.05) is 10.6 Å². The van der Waals surface area contributed by atoms with Crippen molar-refractivity contribution in [1.29, 1.82) is 0 Å². The van der Waals surface area contributed by atoms with Gasteiger partial charge in [-0.2, -0.15) is 10.2 Å². The van der Waals surface area contributed by atoms with Gasteiger partial charge in [0.2, 0.25) is 0 Å². The maximum Gasteiger partial charge on any atom is 0.258 e. The molecule has 9 heteroatoms. The fourth-order valence-corrected chi connectivity index (χ4v) is 3.34. The monoisotopic (exact) mass is 412 g/mol. The molecule has 154 valence electrons. The van der Waals surface area contributed by atoms with Crippen molar-refractivity contribution >= 4 is 34.0 Å². The van der Waals surface area contributed by atoms with Gasteiger partial charge >= 0.3 is 0 Å². The predicted molar refractivity (Wildman–Crippen MR) is 119 cm³/mol. The van der Waals surface area contributed by atoms with E-state index in [1.54, 1.807) is 28.8 Å². The average Bonchev–Trinajstić information content (AvgIpc) is 3.48. The van der Waals surface area contributed by atoms with Gasteiger partial charge < -0.3 is 10.6 Å². The standard InChI is InChI=1S/C22H20N8O/c1-14-12-30(28-21(14)25-18-6-7-20-15(8-18)10-23-27-20)19-5-3-4-17(9-19)26-22(31)16-11-24-29(2)13-16/h3-13H,1-2H3,(H,23,27)(H,25,28)(H,26,31). The van der Waals surface area contributed by atoms with E-state index >= 15 is 0 Å². The molecule has 0 aliphatic rings. The van der Waals surface area contributed by atoms with E-state index in [0.717, 1.165) is 33.7 Å². The van der Waals surface area contributed by atoms with Gasteiger partial charge in [-0.05, 0) is 43.3 Å². The summed E-state index contributed by atoms with van der Waals surface area (Å²) in [4.78, 5) is 12.4. The van der Waals surface area contributed by atoms with E-state index in [1.807, 2.05) is 55.6 Å². The van der Waals surface area contributed by atoms with E-state index in [0.29, 0.717) is 11.3 Å². The number of anilines is 3. The van der Waals surface area contributed by atoms with Gasteiger partial charge in [-0.3, -0.25) is 14.6 Å². The molecule has 0 atom stereocenters. The summed E-state index contributed by atoms with van der Waals surface area (Å²) in [5.74, 6) is 0.548. The van der Waals surface area contributed by atoms with Crippen LogP contribution in [0.1, 0.15) is 15.9 Å². The Morgan fingerprint density at radius 1 is 1.06 bits per heavy atom. The first kappa shape index (κ1) is 18.6. The number of aryl methyl sites for hydroxylation is 2. The Labute approximate surface area is 177 Å². The SMILES string of the molecule is Cc1cn(-c2cccc(NC(=O)c3cnn(C)c3)c2)nc1Nc1ccc2[nH]ncc2c1. The van der Waals surface area contributed by atoms with Crippen molar-refractivity contribution in [3.63, 3.8) is 0 Å². The molecular weight excluding hydrogens is 392 g/mol. The summed E-state index contributed by atoms with van der Waals surface area (Å²) >= 11 is 0. The van der Waals surface area contributed by atoms with Crippen LogP contribution in [0.4, 0.5) is 17.2 Å². The number of H-pyrrole nitrogens is 1. The third-order valence-corrected chi connectivity index (χ3v) is 4.94. The number of hydrogen-bond acceptors (Lipinski definition) is 5. The van der Waals surface area contributed by atoms with Crippen LogP contribution in [0.15, 0.2) is 67.3 Å². The van der Waals surface area contributed by atoms with Crippen LogP contribution in [0.5, 0.6) is 0 Å². The Morgan fingerprint density at radius 2 is 1.97 bits per heavy atom. The molecule has 3 N–H and O–H groups in total. The Hall–Kier alpha value is -4.40. The number of aromatic nitrogens is 6. The number of nitrogens with zero attached hydrogens (tertiary/aromatic N) is 5. The molecule has 3 heterocycles. The third kappa shape index (κ3) is 3.76. The van der Waals surface area contributed by atoms with Crippen molar-refractivity contribution in [2.24, 2.45) is 7.05 Å². The number of carbonyl (C=O) groups is 1. The minimum absolute atomic E-state index is 0.209. The van der Waals surface area contributed by atoms with Gasteiger partial charge in [0.1, 0.15) is 0 Å². The lowest BCUT2D eigenvalue weighted by molar-refractivity contribution is 0.102. The summed E-state index contributed by atoms with van der Waals surface area (Å²) in [6.07, 6.45) is 6.95. The van der Waals surface area contributed by atoms with E-state index in [1.165, 1.54) is 6.20 Å². The molecular formula is C22H20N8O. The average molecular weight is 412 g/mol. The van der Waals surface area contributed by atoms with Gasteiger partial charge in [0.15, 0.2) is 5.82 Å². The van der Waals surface area contributed by atoms with E-state index in [2.05, 4.69) is 31.0 Å². The molecule has 5 rings (SSSR count). The first-order valence-corrected chi connectivity index (χ1v) is 9.72. The van der Waals surface area contributed by atoms with Crippen LogP contribution in [0.2, 0.25) is 0 Å². The molecule has 5 aromatic rings. The molecule has 2 aromatic carbocycles. The number of fused-ring (bicyclic) bond motifs is 1. The maximum absolute atomic E-state index is 12.4. The Balaban J connectivity index is 1.37. The molecule has 1 amide bonds. The van der Waals surface area contributed by atoms with Gasteiger partial charge in [0.25, 0.3) is 5.91 Å². The molecule has 9 nitrogen and oxygen atoms in total. The second-order valence-electron chi connectivity index (χ2n) is 7.31. The van der Waals surface area contributed by atoms with E-state index in [-0.39, 0.29) is 5.91 Å². The predicted octanol–water partition coefficient (Wildman–Crippen LogP) is 3.79. The highest BCUT2D eigenvalue weighted by atomic mass is 16.1. The highest BCUT2D eigenvalue weighted by Crippen LogP contribution is 2.24. The number of amides is 1. The minimum Gasteiger partial charge on any atom is -0.338 e. The topological polar surface area (TPSA) is 105 Å². The summed E-state index contributed by atoms with van der Waals surface area (Å²) in [5.41, 5.74) is 4.93. The number of nitrogens with one attached hydrogen (secondary N) is 3. The van der Waals surface area contributed by atoms with Gasteiger partial charge in [-0.15, -0.1) is 5.10 Å². The van der Waals surface area contributed by atoms with Gasteiger partial charge in [0, 0.05) is 41.8 Å². The molecule has 3 aromatic heterocycles. The van der Waals surface area contributed by atoms with E-state index in [9.17, 15) is 4.79 Å².